The highest BCUT2D eigenvalue weighted by molar-refractivity contribution is 8.01. The van der Waals surface area contributed by atoms with Gasteiger partial charge in [-0.2, -0.15) is 0 Å². The van der Waals surface area contributed by atoms with Crippen molar-refractivity contribution in [1.29, 1.82) is 0 Å². The van der Waals surface area contributed by atoms with E-state index in [0.717, 1.165) is 56.2 Å². The first-order valence-corrected chi connectivity index (χ1v) is 15.6. The van der Waals surface area contributed by atoms with Crippen molar-refractivity contribution in [2.45, 2.75) is 81.9 Å². The van der Waals surface area contributed by atoms with Gasteiger partial charge >= 0.3 is 5.69 Å². The number of fused-ring (bicyclic) bond motifs is 3. The maximum absolute atomic E-state index is 13.6. The number of aryl methyl sites for hydroxylation is 1. The van der Waals surface area contributed by atoms with E-state index in [1.807, 2.05) is 28.8 Å². The van der Waals surface area contributed by atoms with Crippen LogP contribution in [-0.2, 0) is 16.1 Å². The normalized spacial score (nSPS) is 24.5. The predicted octanol–water partition coefficient (Wildman–Crippen LogP) is 5.93. The van der Waals surface area contributed by atoms with E-state index in [0.29, 0.717) is 24.8 Å². The summed E-state index contributed by atoms with van der Waals surface area (Å²) in [5, 5.41) is 0.303. The number of nitrogens with zero attached hydrogens (tertiary/aromatic N) is 3. The average Bonchev–Trinajstić information content (AvgIpc) is 3.44. The molecule has 1 aromatic heterocycles. The fourth-order valence-electron chi connectivity index (χ4n) is 6.99. The number of carbonyl (C=O) groups is 1. The number of para-hydroxylation sites is 2. The number of hydrogen-bond acceptors (Lipinski definition) is 4. The van der Waals surface area contributed by atoms with Crippen molar-refractivity contribution in [3.63, 3.8) is 0 Å². The molecule has 0 bridgehead atoms. The van der Waals surface area contributed by atoms with E-state index in [1.54, 1.807) is 0 Å². The summed E-state index contributed by atoms with van der Waals surface area (Å²) >= 11 is 2.06. The number of nitrogens with one attached hydrogen (secondary N) is 1. The topological polar surface area (TPSA) is 61.3 Å². The number of piperidine rings is 1. The van der Waals surface area contributed by atoms with Gasteiger partial charge < -0.3 is 9.88 Å². The van der Waals surface area contributed by atoms with Crippen LogP contribution in [0, 0.1) is 5.41 Å². The lowest BCUT2D eigenvalue weighted by atomic mass is 9.85. The van der Waals surface area contributed by atoms with Gasteiger partial charge in [0.2, 0.25) is 5.91 Å². The summed E-state index contributed by atoms with van der Waals surface area (Å²) < 4.78 is 1.90. The zero-order valence-electron chi connectivity index (χ0n) is 23.6. The third-order valence-electron chi connectivity index (χ3n) is 9.04. The van der Waals surface area contributed by atoms with Crippen LogP contribution < -0.4 is 5.69 Å². The van der Waals surface area contributed by atoms with Crippen LogP contribution in [0.5, 0.6) is 0 Å². The van der Waals surface area contributed by atoms with Crippen LogP contribution in [0.2, 0.25) is 0 Å². The zero-order valence-corrected chi connectivity index (χ0v) is 24.4. The maximum Gasteiger partial charge on any atom is 0.326 e. The molecule has 6 rings (SSSR count). The van der Waals surface area contributed by atoms with Crippen molar-refractivity contribution in [2.24, 2.45) is 5.41 Å². The number of likely N-dealkylation sites (tertiary alicyclic amines) is 1. The lowest BCUT2D eigenvalue weighted by molar-refractivity contribution is -0.132. The highest BCUT2D eigenvalue weighted by atomic mass is 32.2. The van der Waals surface area contributed by atoms with Crippen molar-refractivity contribution >= 4 is 28.7 Å². The van der Waals surface area contributed by atoms with Crippen molar-refractivity contribution < 1.29 is 4.79 Å². The number of aromatic nitrogens is 2. The second-order valence-electron chi connectivity index (χ2n) is 12.9. The molecule has 1 spiro atoms. The molecular weight excluding hydrogens is 504 g/mol. The van der Waals surface area contributed by atoms with E-state index in [2.05, 4.69) is 71.6 Å². The highest BCUT2D eigenvalue weighted by Crippen LogP contribution is 2.55. The molecule has 2 atom stereocenters. The van der Waals surface area contributed by atoms with Crippen LogP contribution in [-0.4, -0.2) is 56.7 Å². The van der Waals surface area contributed by atoms with E-state index in [-0.39, 0.29) is 27.9 Å². The molecule has 3 aliphatic rings. The second kappa shape index (κ2) is 10.5. The molecule has 39 heavy (non-hydrogen) atoms. The molecule has 2 aliphatic heterocycles. The van der Waals surface area contributed by atoms with Gasteiger partial charge in [0.1, 0.15) is 0 Å². The molecule has 1 amide bonds. The number of rotatable bonds is 5. The molecule has 2 unspecified atom stereocenters. The molecule has 2 aromatic carbocycles. The smallest absolute Gasteiger partial charge is 0.326 e. The third-order valence-corrected chi connectivity index (χ3v) is 10.8. The Morgan fingerprint density at radius 2 is 1.82 bits per heavy atom. The monoisotopic (exact) mass is 546 g/mol. The number of imidazole rings is 1. The Morgan fingerprint density at radius 1 is 1.08 bits per heavy atom. The van der Waals surface area contributed by atoms with Crippen LogP contribution in [0.15, 0.2) is 53.3 Å². The molecule has 1 aliphatic carbocycles. The van der Waals surface area contributed by atoms with Gasteiger partial charge in [-0.1, -0.05) is 57.2 Å². The number of H-pyrrole nitrogens is 1. The van der Waals surface area contributed by atoms with Gasteiger partial charge in [0.05, 0.1) is 15.9 Å². The molecule has 6 nitrogen and oxygen atoms in total. The Labute approximate surface area is 236 Å². The second-order valence-corrected chi connectivity index (χ2v) is 14.5. The highest BCUT2D eigenvalue weighted by Gasteiger charge is 2.50. The largest absolute Gasteiger partial charge is 0.343 e. The number of benzene rings is 2. The van der Waals surface area contributed by atoms with E-state index >= 15 is 0 Å². The van der Waals surface area contributed by atoms with Crippen LogP contribution in [0.1, 0.15) is 76.5 Å². The standard InChI is InChI=1S/C32H42N4O2S/c1-31(2,3)17-20-35-22-25(39-32(35)16-8-10-23-9-4-5-11-26(23)32)21-29(37)34-18-14-24(15-19-34)36-28-13-7-6-12-27(28)33-30(36)38/h4-7,9,11-13,24-25H,8,10,14-22H2,1-3H3,(H,33,38). The van der Waals surface area contributed by atoms with E-state index in [9.17, 15) is 9.59 Å². The fourth-order valence-corrected chi connectivity index (χ4v) is 8.92. The molecule has 2 saturated heterocycles. The number of amides is 1. The lowest BCUT2D eigenvalue weighted by Gasteiger charge is -2.43. The number of thioether (sulfide) groups is 1. The first kappa shape index (κ1) is 26.7. The number of aromatic amines is 1. The fraction of sp³-hybridized carbons (Fsp3) is 0.562. The molecule has 3 aromatic rings. The van der Waals surface area contributed by atoms with Gasteiger partial charge in [0.15, 0.2) is 0 Å². The van der Waals surface area contributed by atoms with E-state index in [1.165, 1.54) is 17.5 Å². The summed E-state index contributed by atoms with van der Waals surface area (Å²) in [4.78, 5) is 34.0. The molecule has 1 N–H and O–H groups in total. The third kappa shape index (κ3) is 5.20. The quantitative estimate of drug-likeness (QED) is 0.431. The summed E-state index contributed by atoms with van der Waals surface area (Å²) in [6.07, 6.45) is 6.91. The Morgan fingerprint density at radius 3 is 2.62 bits per heavy atom. The number of carbonyl (C=O) groups excluding carboxylic acids is 1. The summed E-state index contributed by atoms with van der Waals surface area (Å²) in [5.41, 5.74) is 5.05. The molecule has 7 heteroatoms. The lowest BCUT2D eigenvalue weighted by Crippen LogP contribution is -2.43. The number of hydrogen-bond donors (Lipinski definition) is 1. The van der Waals surface area contributed by atoms with Crippen molar-refractivity contribution in [3.05, 3.63) is 70.1 Å². The van der Waals surface area contributed by atoms with Gasteiger partial charge in [-0.05, 0) is 67.2 Å². The van der Waals surface area contributed by atoms with Crippen LogP contribution in [0.25, 0.3) is 11.0 Å². The Bertz CT molecular complexity index is 1400. The van der Waals surface area contributed by atoms with Gasteiger partial charge in [-0.15, -0.1) is 11.8 Å². The molecule has 3 heterocycles. The molecule has 208 valence electrons. The minimum atomic E-state index is -0.0447. The van der Waals surface area contributed by atoms with Gasteiger partial charge in [0.25, 0.3) is 0 Å². The Kier molecular flexibility index (Phi) is 7.17. The Balaban J connectivity index is 1.14. The Hall–Kier alpha value is -2.51. The predicted molar refractivity (Wildman–Crippen MR) is 160 cm³/mol. The van der Waals surface area contributed by atoms with Crippen molar-refractivity contribution in [3.8, 4) is 0 Å². The van der Waals surface area contributed by atoms with Crippen molar-refractivity contribution in [1.82, 2.24) is 19.4 Å². The molecule has 0 radical (unpaired) electrons. The minimum Gasteiger partial charge on any atom is -0.343 e. The molecular formula is C32H42N4O2S. The van der Waals surface area contributed by atoms with Crippen LogP contribution >= 0.6 is 11.8 Å². The maximum atomic E-state index is 13.6. The first-order valence-electron chi connectivity index (χ1n) is 14.7. The average molecular weight is 547 g/mol. The molecule has 2 fully saturated rings. The first-order chi connectivity index (χ1) is 18.7. The van der Waals surface area contributed by atoms with Gasteiger partial charge in [-0.25, -0.2) is 4.79 Å². The summed E-state index contributed by atoms with van der Waals surface area (Å²) in [5.74, 6) is 0.272. The summed E-state index contributed by atoms with van der Waals surface area (Å²) in [6.45, 7) is 10.5. The van der Waals surface area contributed by atoms with E-state index < -0.39 is 0 Å². The van der Waals surface area contributed by atoms with Crippen LogP contribution in [0.3, 0.4) is 0 Å². The van der Waals surface area contributed by atoms with Crippen molar-refractivity contribution in [2.75, 3.05) is 26.2 Å². The van der Waals surface area contributed by atoms with Gasteiger partial charge in [0, 0.05) is 43.9 Å². The molecule has 0 saturated carbocycles. The zero-order chi connectivity index (χ0) is 27.2. The summed E-state index contributed by atoms with van der Waals surface area (Å²) in [7, 11) is 0. The van der Waals surface area contributed by atoms with Gasteiger partial charge in [-0.3, -0.25) is 14.3 Å². The minimum absolute atomic E-state index is 0.00542. The summed E-state index contributed by atoms with van der Waals surface area (Å²) in [6, 6.07) is 17.0. The van der Waals surface area contributed by atoms with Crippen LogP contribution in [0.4, 0.5) is 0 Å². The van der Waals surface area contributed by atoms with E-state index in [4.69, 9.17) is 0 Å². The SMILES string of the molecule is CC(C)(C)CCN1CC(CC(=O)N2CCC(n3c(=O)[nH]c4ccccc43)CC2)SC12CCCc1ccccc12.